The lowest BCUT2D eigenvalue weighted by Gasteiger charge is -2.21. The summed E-state index contributed by atoms with van der Waals surface area (Å²) in [6.07, 6.45) is 0. The van der Waals surface area contributed by atoms with Crippen LogP contribution in [-0.2, 0) is 6.54 Å². The van der Waals surface area contributed by atoms with Crippen LogP contribution in [0.2, 0.25) is 0 Å². The van der Waals surface area contributed by atoms with Crippen molar-refractivity contribution in [2.45, 2.75) is 47.2 Å². The van der Waals surface area contributed by atoms with Gasteiger partial charge in [0.05, 0.1) is 0 Å². The summed E-state index contributed by atoms with van der Waals surface area (Å²) in [5, 5.41) is 3.09. The summed E-state index contributed by atoms with van der Waals surface area (Å²) in [6, 6.07) is 0.0911. The molecule has 0 fully saturated rings. The minimum absolute atomic E-state index is 0.0911. The molecule has 0 spiro atoms. The summed E-state index contributed by atoms with van der Waals surface area (Å²) in [5.74, 6) is 0.820. The molecule has 4 N–H and O–H groups in total. The van der Waals surface area contributed by atoms with Crippen LogP contribution in [-0.4, -0.2) is 15.6 Å². The summed E-state index contributed by atoms with van der Waals surface area (Å²) in [4.78, 5) is 25.9. The number of nitrogens with one attached hydrogen (secondary N) is 2. The average molecular weight is 268 g/mol. The monoisotopic (exact) mass is 268 g/mol. The lowest BCUT2D eigenvalue weighted by molar-refractivity contribution is 0.506. The van der Waals surface area contributed by atoms with Crippen molar-refractivity contribution in [1.82, 2.24) is 9.55 Å². The van der Waals surface area contributed by atoms with Crippen LogP contribution in [0.5, 0.6) is 0 Å². The number of anilines is 2. The van der Waals surface area contributed by atoms with Crippen LogP contribution in [0.4, 0.5) is 11.5 Å². The zero-order valence-corrected chi connectivity index (χ0v) is 12.3. The zero-order valence-electron chi connectivity index (χ0n) is 12.3. The fourth-order valence-electron chi connectivity index (χ4n) is 1.67. The van der Waals surface area contributed by atoms with Crippen LogP contribution in [0.1, 0.15) is 34.6 Å². The molecule has 108 valence electrons. The number of hydrogen-bond acceptors (Lipinski definition) is 4. The summed E-state index contributed by atoms with van der Waals surface area (Å²) < 4.78 is 1.40. The minimum atomic E-state index is -0.463. The molecule has 0 aromatic carbocycles. The zero-order chi connectivity index (χ0) is 14.7. The van der Waals surface area contributed by atoms with Gasteiger partial charge in [-0.05, 0) is 18.8 Å². The Morgan fingerprint density at radius 1 is 1.21 bits per heavy atom. The van der Waals surface area contributed by atoms with Crippen molar-refractivity contribution < 1.29 is 0 Å². The first kappa shape index (κ1) is 15.3. The first-order chi connectivity index (χ1) is 8.73. The predicted molar refractivity (Wildman–Crippen MR) is 78.5 cm³/mol. The maximum absolute atomic E-state index is 11.8. The third-order valence-electron chi connectivity index (χ3n) is 3.16. The van der Waals surface area contributed by atoms with Crippen molar-refractivity contribution in [3.63, 3.8) is 0 Å². The Morgan fingerprint density at radius 3 is 2.26 bits per heavy atom. The van der Waals surface area contributed by atoms with Gasteiger partial charge in [-0.15, -0.1) is 0 Å². The number of hydrogen-bond donors (Lipinski definition) is 3. The topological polar surface area (TPSA) is 92.9 Å². The molecule has 1 aromatic rings. The van der Waals surface area contributed by atoms with Gasteiger partial charge < -0.3 is 11.1 Å². The van der Waals surface area contributed by atoms with Gasteiger partial charge in [-0.1, -0.05) is 27.7 Å². The lowest BCUT2D eigenvalue weighted by Crippen LogP contribution is -2.37. The van der Waals surface area contributed by atoms with Gasteiger partial charge >= 0.3 is 5.69 Å². The molecule has 1 atom stereocenters. The van der Waals surface area contributed by atoms with E-state index < -0.39 is 11.2 Å². The molecule has 1 rings (SSSR count). The molecule has 0 aliphatic carbocycles. The van der Waals surface area contributed by atoms with E-state index in [1.165, 1.54) is 4.57 Å². The summed E-state index contributed by atoms with van der Waals surface area (Å²) in [6.45, 7) is 10.5. The molecule has 19 heavy (non-hydrogen) atoms. The Balaban J connectivity index is 3.25. The third-order valence-corrected chi connectivity index (χ3v) is 3.16. The lowest BCUT2D eigenvalue weighted by atomic mass is 10.1. The maximum atomic E-state index is 11.8. The fourth-order valence-corrected chi connectivity index (χ4v) is 1.67. The van der Waals surface area contributed by atoms with Gasteiger partial charge in [0.15, 0.2) is 0 Å². The molecule has 1 aromatic heterocycles. The second kappa shape index (κ2) is 5.95. The van der Waals surface area contributed by atoms with Crippen molar-refractivity contribution >= 4 is 11.5 Å². The van der Waals surface area contributed by atoms with E-state index in [0.717, 1.165) is 0 Å². The molecular formula is C13H24N4O2. The first-order valence-corrected chi connectivity index (χ1v) is 6.63. The van der Waals surface area contributed by atoms with Crippen LogP contribution < -0.4 is 22.3 Å². The Labute approximate surface area is 113 Å². The van der Waals surface area contributed by atoms with E-state index in [4.69, 9.17) is 5.73 Å². The number of nitrogen functional groups attached to an aromatic ring is 1. The molecular weight excluding hydrogens is 244 g/mol. The molecule has 0 radical (unpaired) electrons. The largest absolute Gasteiger partial charge is 0.383 e. The Kier molecular flexibility index (Phi) is 4.80. The summed E-state index contributed by atoms with van der Waals surface area (Å²) >= 11 is 0. The maximum Gasteiger partial charge on any atom is 0.330 e. The van der Waals surface area contributed by atoms with Gasteiger partial charge in [-0.3, -0.25) is 14.3 Å². The van der Waals surface area contributed by atoms with Crippen LogP contribution in [0.25, 0.3) is 0 Å². The quantitative estimate of drug-likeness (QED) is 0.749. The number of aromatic amines is 1. The van der Waals surface area contributed by atoms with Crippen molar-refractivity contribution in [2.24, 2.45) is 11.8 Å². The molecule has 0 aliphatic heterocycles. The van der Waals surface area contributed by atoms with E-state index in [1.54, 1.807) is 0 Å². The van der Waals surface area contributed by atoms with Crippen LogP contribution in [0, 0.1) is 11.8 Å². The Hall–Kier alpha value is -1.72. The molecule has 6 nitrogen and oxygen atoms in total. The predicted octanol–water partition coefficient (Wildman–Crippen LogP) is 1.23. The van der Waals surface area contributed by atoms with Crippen molar-refractivity contribution in [3.8, 4) is 0 Å². The average Bonchev–Trinajstić information content (AvgIpc) is 2.29. The Bertz CT molecular complexity index is 543. The number of H-pyrrole nitrogens is 1. The number of rotatable bonds is 5. The molecule has 0 saturated carbocycles. The number of aromatic nitrogens is 2. The molecule has 1 unspecified atom stereocenters. The minimum Gasteiger partial charge on any atom is -0.383 e. The first-order valence-electron chi connectivity index (χ1n) is 6.63. The van der Waals surface area contributed by atoms with Crippen molar-refractivity contribution in [3.05, 3.63) is 20.8 Å². The number of nitrogens with zero attached hydrogens (tertiary/aromatic N) is 1. The summed E-state index contributed by atoms with van der Waals surface area (Å²) in [5.41, 5.74) is 5.32. The van der Waals surface area contributed by atoms with E-state index in [2.05, 4.69) is 10.3 Å². The highest BCUT2D eigenvalue weighted by molar-refractivity contribution is 5.60. The van der Waals surface area contributed by atoms with E-state index >= 15 is 0 Å². The van der Waals surface area contributed by atoms with Gasteiger partial charge in [0.25, 0.3) is 5.56 Å². The van der Waals surface area contributed by atoms with Gasteiger partial charge in [0.1, 0.15) is 11.5 Å². The smallest absolute Gasteiger partial charge is 0.330 e. The highest BCUT2D eigenvalue weighted by Gasteiger charge is 2.16. The molecule has 0 bridgehead atoms. The van der Waals surface area contributed by atoms with Crippen LogP contribution in [0.3, 0.4) is 0 Å². The SMILES string of the molecule is CC(C)Cn1c(N)c(NC(C)C(C)C)c(=O)[nH]c1=O. The molecule has 1 heterocycles. The van der Waals surface area contributed by atoms with Crippen molar-refractivity contribution in [1.29, 1.82) is 0 Å². The van der Waals surface area contributed by atoms with E-state index in [-0.39, 0.29) is 23.5 Å². The molecule has 0 aliphatic rings. The third kappa shape index (κ3) is 3.62. The van der Waals surface area contributed by atoms with Gasteiger partial charge in [0.2, 0.25) is 0 Å². The van der Waals surface area contributed by atoms with Crippen molar-refractivity contribution in [2.75, 3.05) is 11.1 Å². The highest BCUT2D eigenvalue weighted by atomic mass is 16.2. The van der Waals surface area contributed by atoms with Gasteiger partial charge in [-0.2, -0.15) is 0 Å². The Morgan fingerprint density at radius 2 is 1.79 bits per heavy atom. The molecule has 0 saturated heterocycles. The second-order valence-electron chi connectivity index (χ2n) is 5.70. The van der Waals surface area contributed by atoms with Crippen LogP contribution >= 0.6 is 0 Å². The van der Waals surface area contributed by atoms with Gasteiger partial charge in [0, 0.05) is 12.6 Å². The van der Waals surface area contributed by atoms with Crippen LogP contribution in [0.15, 0.2) is 9.59 Å². The fraction of sp³-hybridized carbons (Fsp3) is 0.692. The normalized spacial score (nSPS) is 13.0. The number of nitrogens with two attached hydrogens (primary N) is 1. The summed E-state index contributed by atoms with van der Waals surface area (Å²) in [7, 11) is 0. The highest BCUT2D eigenvalue weighted by Crippen LogP contribution is 2.15. The van der Waals surface area contributed by atoms with E-state index in [9.17, 15) is 9.59 Å². The standard InChI is InChI=1S/C13H24N4O2/c1-7(2)6-17-11(14)10(12(18)16-13(17)19)15-9(5)8(3)4/h7-9,15H,6,14H2,1-5H3,(H,16,18,19). The van der Waals surface area contributed by atoms with E-state index in [0.29, 0.717) is 12.5 Å². The molecule has 0 amide bonds. The van der Waals surface area contributed by atoms with E-state index in [1.807, 2.05) is 34.6 Å². The second-order valence-corrected chi connectivity index (χ2v) is 5.70. The molecule has 6 heteroatoms. The van der Waals surface area contributed by atoms with Gasteiger partial charge in [-0.25, -0.2) is 4.79 Å².